The van der Waals surface area contributed by atoms with E-state index in [-0.39, 0.29) is 0 Å². The van der Waals surface area contributed by atoms with Gasteiger partial charge in [0.15, 0.2) is 0 Å². The summed E-state index contributed by atoms with van der Waals surface area (Å²) in [5.41, 5.74) is 6.86. The molecule has 1 heterocycles. The Bertz CT molecular complexity index is 516. The van der Waals surface area contributed by atoms with Crippen LogP contribution in [0.15, 0.2) is 29.7 Å². The van der Waals surface area contributed by atoms with Crippen molar-refractivity contribution in [1.82, 2.24) is 10.2 Å². The highest BCUT2D eigenvalue weighted by atomic mass is 16.5. The van der Waals surface area contributed by atoms with Crippen LogP contribution in [0, 0.1) is 5.92 Å². The van der Waals surface area contributed by atoms with Crippen LogP contribution in [0.1, 0.15) is 64.5 Å². The molecule has 1 aliphatic rings. The third-order valence-electron chi connectivity index (χ3n) is 4.22. The summed E-state index contributed by atoms with van der Waals surface area (Å²) < 4.78 is 6.13. The first-order chi connectivity index (χ1) is 10.2. The number of nitrogens with two attached hydrogens (primary N) is 1. The van der Waals surface area contributed by atoms with Crippen LogP contribution in [0.2, 0.25) is 0 Å². The Morgan fingerprint density at radius 1 is 1.48 bits per heavy atom. The Morgan fingerprint density at radius 2 is 2.29 bits per heavy atom. The van der Waals surface area contributed by atoms with E-state index < -0.39 is 0 Å². The quantitative estimate of drug-likeness (QED) is 0.758. The molecule has 0 aliphatic heterocycles. The number of H-pyrrole nitrogens is 1. The van der Waals surface area contributed by atoms with Gasteiger partial charge in [-0.25, -0.2) is 0 Å². The smallest absolute Gasteiger partial charge is 0.145 e. The van der Waals surface area contributed by atoms with E-state index in [4.69, 9.17) is 10.5 Å². The predicted octanol–water partition coefficient (Wildman–Crippen LogP) is 4.50. The van der Waals surface area contributed by atoms with Gasteiger partial charge in [0, 0.05) is 30.0 Å². The maximum Gasteiger partial charge on any atom is 0.145 e. The minimum absolute atomic E-state index is 0.501. The fourth-order valence-electron chi connectivity index (χ4n) is 3.06. The average Bonchev–Trinajstić information content (AvgIpc) is 3.12. The van der Waals surface area contributed by atoms with E-state index in [2.05, 4.69) is 36.2 Å². The monoisotopic (exact) mass is 289 g/mol. The maximum atomic E-state index is 6.13. The lowest BCUT2D eigenvalue weighted by atomic mass is 10.00. The Kier molecular flexibility index (Phi) is 5.48. The first kappa shape index (κ1) is 15.7. The highest BCUT2D eigenvalue weighted by molar-refractivity contribution is 5.30. The van der Waals surface area contributed by atoms with Crippen molar-refractivity contribution < 1.29 is 4.74 Å². The summed E-state index contributed by atoms with van der Waals surface area (Å²) in [5.74, 6) is 3.79. The summed E-state index contributed by atoms with van der Waals surface area (Å²) in [6.45, 7) is 6.32. The molecule has 0 saturated heterocycles. The molecule has 21 heavy (non-hydrogen) atoms. The van der Waals surface area contributed by atoms with E-state index in [0.29, 0.717) is 17.7 Å². The second-order valence-electron chi connectivity index (χ2n) is 5.68. The number of nitrogens with zero attached hydrogens (tertiary/aromatic N) is 1. The van der Waals surface area contributed by atoms with Crippen LogP contribution in [0.3, 0.4) is 0 Å². The number of aromatic nitrogens is 2. The first-order valence-electron chi connectivity index (χ1n) is 8.01. The van der Waals surface area contributed by atoms with Crippen molar-refractivity contribution in [1.29, 1.82) is 0 Å². The van der Waals surface area contributed by atoms with Crippen molar-refractivity contribution in [2.75, 3.05) is 5.73 Å². The van der Waals surface area contributed by atoms with Crippen molar-refractivity contribution in [2.24, 2.45) is 5.92 Å². The number of allylic oxidation sites excluding steroid dienone is 4. The third-order valence-corrected chi connectivity index (χ3v) is 4.22. The third kappa shape index (κ3) is 3.90. The lowest BCUT2D eigenvalue weighted by Gasteiger charge is -2.18. The molecule has 1 aromatic heterocycles. The molecule has 2 unspecified atom stereocenters. The molecule has 0 radical (unpaired) electrons. The van der Waals surface area contributed by atoms with E-state index in [9.17, 15) is 0 Å². The first-order valence-corrected chi connectivity index (χ1v) is 8.01. The van der Waals surface area contributed by atoms with Crippen molar-refractivity contribution in [3.05, 3.63) is 35.4 Å². The van der Waals surface area contributed by atoms with Gasteiger partial charge in [0.05, 0.1) is 5.76 Å². The highest BCUT2D eigenvalue weighted by Crippen LogP contribution is 2.42. The summed E-state index contributed by atoms with van der Waals surface area (Å²) in [4.78, 5) is 0. The summed E-state index contributed by atoms with van der Waals surface area (Å²) in [6, 6.07) is 1.96. The molecule has 1 fully saturated rings. The van der Waals surface area contributed by atoms with Crippen LogP contribution >= 0.6 is 0 Å². The SMILES string of the molecule is C/C=C(/CC)O/C(=C/CC)C1CCC(c2cc(N)n[nH]2)C1. The molecule has 3 N–H and O–H groups in total. The molecular formula is C17H27N3O. The van der Waals surface area contributed by atoms with Gasteiger partial charge in [-0.1, -0.05) is 13.8 Å². The lowest BCUT2D eigenvalue weighted by Crippen LogP contribution is -2.05. The summed E-state index contributed by atoms with van der Waals surface area (Å²) >= 11 is 0. The largest absolute Gasteiger partial charge is 0.466 e. The minimum atomic E-state index is 0.501. The lowest BCUT2D eigenvalue weighted by molar-refractivity contribution is 0.243. The van der Waals surface area contributed by atoms with Crippen LogP contribution in [0.25, 0.3) is 0 Å². The van der Waals surface area contributed by atoms with Gasteiger partial charge in [-0.2, -0.15) is 5.10 Å². The van der Waals surface area contributed by atoms with Crippen LogP contribution < -0.4 is 5.73 Å². The van der Waals surface area contributed by atoms with E-state index in [1.807, 2.05) is 13.0 Å². The minimum Gasteiger partial charge on any atom is -0.466 e. The average molecular weight is 289 g/mol. The molecular weight excluding hydrogens is 262 g/mol. The summed E-state index contributed by atoms with van der Waals surface area (Å²) in [7, 11) is 0. The van der Waals surface area contributed by atoms with Gasteiger partial charge in [-0.3, -0.25) is 5.10 Å². The molecule has 2 atom stereocenters. The topological polar surface area (TPSA) is 63.9 Å². The predicted molar refractivity (Wildman–Crippen MR) is 86.6 cm³/mol. The second kappa shape index (κ2) is 7.34. The van der Waals surface area contributed by atoms with E-state index >= 15 is 0 Å². The fourth-order valence-corrected chi connectivity index (χ4v) is 3.06. The van der Waals surface area contributed by atoms with Crippen LogP contribution in [-0.2, 0) is 4.74 Å². The van der Waals surface area contributed by atoms with Crippen LogP contribution in [0.4, 0.5) is 5.82 Å². The number of hydrogen-bond acceptors (Lipinski definition) is 3. The summed E-state index contributed by atoms with van der Waals surface area (Å²) in [5, 5.41) is 7.10. The molecule has 1 aromatic rings. The van der Waals surface area contributed by atoms with Gasteiger partial charge in [0.2, 0.25) is 0 Å². The Balaban J connectivity index is 2.04. The number of hydrogen-bond donors (Lipinski definition) is 2. The molecule has 0 spiro atoms. The molecule has 0 bridgehead atoms. The van der Waals surface area contributed by atoms with Gasteiger partial charge in [0.1, 0.15) is 11.6 Å². The number of anilines is 1. The Labute approximate surface area is 127 Å². The molecule has 1 saturated carbocycles. The number of nitrogen functional groups attached to an aromatic ring is 1. The van der Waals surface area contributed by atoms with Crippen LogP contribution in [-0.4, -0.2) is 10.2 Å². The molecule has 0 amide bonds. The van der Waals surface area contributed by atoms with Crippen molar-refractivity contribution in [3.63, 3.8) is 0 Å². The van der Waals surface area contributed by atoms with Gasteiger partial charge in [-0.15, -0.1) is 0 Å². The Morgan fingerprint density at radius 3 is 2.86 bits per heavy atom. The van der Waals surface area contributed by atoms with Crippen molar-refractivity contribution in [3.8, 4) is 0 Å². The number of rotatable bonds is 6. The van der Waals surface area contributed by atoms with Gasteiger partial charge >= 0.3 is 0 Å². The number of nitrogens with one attached hydrogen (secondary N) is 1. The molecule has 1 aliphatic carbocycles. The van der Waals surface area contributed by atoms with E-state index in [0.717, 1.165) is 49.3 Å². The van der Waals surface area contributed by atoms with Crippen molar-refractivity contribution >= 4 is 5.82 Å². The molecule has 116 valence electrons. The number of ether oxygens (including phenoxy) is 1. The zero-order valence-electron chi connectivity index (χ0n) is 13.4. The fraction of sp³-hybridized carbons (Fsp3) is 0.588. The zero-order chi connectivity index (χ0) is 15.2. The molecule has 2 rings (SSSR count). The molecule has 4 heteroatoms. The summed E-state index contributed by atoms with van der Waals surface area (Å²) in [6.07, 6.45) is 9.66. The van der Waals surface area contributed by atoms with Gasteiger partial charge in [0.25, 0.3) is 0 Å². The van der Waals surface area contributed by atoms with E-state index in [1.54, 1.807) is 0 Å². The Hall–Kier alpha value is -1.71. The van der Waals surface area contributed by atoms with Gasteiger partial charge < -0.3 is 10.5 Å². The van der Waals surface area contributed by atoms with Gasteiger partial charge in [-0.05, 0) is 44.8 Å². The standard InChI is InChI=1S/C17H27N3O/c1-4-7-16(21-14(5-2)6-3)13-9-8-12(10-13)15-11-17(18)20-19-15/h5,7,11-13H,4,6,8-10H2,1-3H3,(H3,18,19,20)/b14-5-,16-7+. The highest BCUT2D eigenvalue weighted by Gasteiger charge is 2.30. The normalized spacial score (nSPS) is 23.6. The zero-order valence-corrected chi connectivity index (χ0v) is 13.4. The molecule has 0 aromatic carbocycles. The van der Waals surface area contributed by atoms with Crippen LogP contribution in [0.5, 0.6) is 0 Å². The second-order valence-corrected chi connectivity index (χ2v) is 5.68. The van der Waals surface area contributed by atoms with Crippen molar-refractivity contribution in [2.45, 2.75) is 58.8 Å². The maximum absolute atomic E-state index is 6.13. The number of aromatic amines is 1. The molecule has 4 nitrogen and oxygen atoms in total. The van der Waals surface area contributed by atoms with E-state index in [1.165, 1.54) is 0 Å².